The Hall–Kier alpha value is 0.299. The average Bonchev–Trinajstić information content (AvgIpc) is 2.17. The zero-order valence-corrected chi connectivity index (χ0v) is 6.47. The van der Waals surface area contributed by atoms with Crippen LogP contribution in [0.25, 0.3) is 0 Å². The number of carboxylic acids is 1. The summed E-state index contributed by atoms with van der Waals surface area (Å²) in [6, 6.07) is 0. The molecule has 0 radical (unpaired) electrons. The van der Waals surface area contributed by atoms with Gasteiger partial charge in [-0.1, -0.05) is 0 Å². The Morgan fingerprint density at radius 2 is 2.38 bits per heavy atom. The minimum absolute atomic E-state index is 0.00193. The van der Waals surface area contributed by atoms with Crippen LogP contribution in [0, 0.1) is 0 Å². The molecular weight excluding hydrogens is 193 g/mol. The van der Waals surface area contributed by atoms with Crippen LogP contribution in [0.15, 0.2) is 0 Å². The average molecular weight is 198 g/mol. The Morgan fingerprint density at radius 3 is 2.38 bits per heavy atom. The number of nitrogens with two attached hydrogens (primary N) is 1. The molecule has 0 aromatic carbocycles. The first-order valence-electron chi connectivity index (χ1n) is 1.95. The van der Waals surface area contributed by atoms with E-state index in [0.29, 0.717) is 0 Å². The third kappa shape index (κ3) is 0.756. The molecule has 1 rings (SSSR count). The first-order chi connectivity index (χ1) is 3.57. The molecular formula is C3H5NO2SSe. The van der Waals surface area contributed by atoms with Crippen molar-refractivity contribution in [1.82, 2.24) is 0 Å². The van der Waals surface area contributed by atoms with Crippen molar-refractivity contribution in [2.24, 2.45) is 5.73 Å². The van der Waals surface area contributed by atoms with Gasteiger partial charge < -0.3 is 0 Å². The summed E-state index contributed by atoms with van der Waals surface area (Å²) in [6.07, 6.45) is 0. The summed E-state index contributed by atoms with van der Waals surface area (Å²) in [5.41, 5.74) is 5.28. The maximum atomic E-state index is 10.1. The van der Waals surface area contributed by atoms with Crippen LogP contribution < -0.4 is 5.73 Å². The van der Waals surface area contributed by atoms with Crippen molar-refractivity contribution in [3.63, 3.8) is 0 Å². The van der Waals surface area contributed by atoms with Crippen LogP contribution in [0.1, 0.15) is 0 Å². The topological polar surface area (TPSA) is 63.3 Å². The minimum atomic E-state index is -0.948. The molecule has 1 fully saturated rings. The van der Waals surface area contributed by atoms with Gasteiger partial charge in [-0.05, 0) is 0 Å². The molecule has 3 nitrogen and oxygen atoms in total. The van der Waals surface area contributed by atoms with E-state index in [2.05, 4.69) is 12.6 Å². The second-order valence-corrected chi connectivity index (χ2v) is 5.77. The number of hydrogen-bond acceptors (Lipinski definition) is 3. The van der Waals surface area contributed by atoms with Crippen LogP contribution in [0.2, 0.25) is 0 Å². The number of carboxylic acid groups (broad SMARTS) is 1. The van der Waals surface area contributed by atoms with Gasteiger partial charge in [0.05, 0.1) is 0 Å². The van der Waals surface area contributed by atoms with Crippen molar-refractivity contribution >= 4 is 33.6 Å². The molecule has 2 atom stereocenters. The molecule has 0 aromatic rings. The zero-order chi connectivity index (χ0) is 6.36. The Labute approximate surface area is 58.2 Å². The molecule has 0 saturated carbocycles. The molecule has 0 aliphatic carbocycles. The van der Waals surface area contributed by atoms with E-state index in [0.717, 1.165) is 0 Å². The molecule has 0 amide bonds. The second kappa shape index (κ2) is 1.64. The molecule has 46 valence electrons. The van der Waals surface area contributed by atoms with E-state index in [1.54, 1.807) is 0 Å². The first kappa shape index (κ1) is 6.42. The van der Waals surface area contributed by atoms with Gasteiger partial charge in [0, 0.05) is 0 Å². The molecule has 1 saturated heterocycles. The number of carbonyl (C=O) groups is 1. The van der Waals surface area contributed by atoms with Crippen LogP contribution in [0.5, 0.6) is 0 Å². The summed E-state index contributed by atoms with van der Waals surface area (Å²) in [5.74, 6) is -0.919. The van der Waals surface area contributed by atoms with Crippen LogP contribution in [-0.4, -0.2) is 34.6 Å². The molecule has 0 bridgehead atoms. The molecule has 5 heteroatoms. The van der Waals surface area contributed by atoms with Crippen LogP contribution in [-0.2, 0) is 4.79 Å². The van der Waals surface area contributed by atoms with E-state index in [9.17, 15) is 4.79 Å². The molecule has 1 heterocycles. The van der Waals surface area contributed by atoms with Gasteiger partial charge in [0.2, 0.25) is 0 Å². The molecule has 0 spiro atoms. The first-order valence-corrected chi connectivity index (χ1v) is 4.32. The monoisotopic (exact) mass is 199 g/mol. The third-order valence-corrected chi connectivity index (χ3v) is 4.69. The van der Waals surface area contributed by atoms with Gasteiger partial charge in [-0.25, -0.2) is 0 Å². The Morgan fingerprint density at radius 1 is 2.00 bits per heavy atom. The van der Waals surface area contributed by atoms with Gasteiger partial charge in [0.1, 0.15) is 0 Å². The van der Waals surface area contributed by atoms with Crippen LogP contribution in [0.4, 0.5) is 0 Å². The van der Waals surface area contributed by atoms with Gasteiger partial charge in [-0.3, -0.25) is 0 Å². The molecule has 1 aliphatic heterocycles. The fourth-order valence-corrected chi connectivity index (χ4v) is 2.38. The maximum absolute atomic E-state index is 10.1. The number of rotatable bonds is 1. The van der Waals surface area contributed by atoms with Crippen molar-refractivity contribution in [2.45, 2.75) is 8.59 Å². The normalized spacial score (nSPS) is 44.0. The van der Waals surface area contributed by atoms with Gasteiger partial charge in [-0.15, -0.1) is 0 Å². The number of aliphatic carboxylic acids is 1. The standard InChI is InChI=1S/C3H5NO2SSe/c4-3(1(5)6)2(7)8-3/h2,7H,4H2,(H,5,6). The van der Waals surface area contributed by atoms with Gasteiger partial charge in [-0.2, -0.15) is 0 Å². The van der Waals surface area contributed by atoms with Crippen LogP contribution in [0.3, 0.4) is 0 Å². The van der Waals surface area contributed by atoms with Gasteiger partial charge in [0.15, 0.2) is 0 Å². The van der Waals surface area contributed by atoms with E-state index < -0.39 is 10.4 Å². The predicted molar refractivity (Wildman–Crippen MR) is 33.1 cm³/mol. The molecule has 3 N–H and O–H groups in total. The Kier molecular flexibility index (Phi) is 1.31. The van der Waals surface area contributed by atoms with Crippen molar-refractivity contribution < 1.29 is 9.90 Å². The van der Waals surface area contributed by atoms with Crippen molar-refractivity contribution in [2.75, 3.05) is 0 Å². The number of hydrogen-bond donors (Lipinski definition) is 3. The summed E-state index contributed by atoms with van der Waals surface area (Å²) in [7, 11) is 0. The fraction of sp³-hybridized carbons (Fsp3) is 0.667. The van der Waals surface area contributed by atoms with E-state index in [1.807, 2.05) is 0 Å². The van der Waals surface area contributed by atoms with Gasteiger partial charge in [0.25, 0.3) is 0 Å². The zero-order valence-electron chi connectivity index (χ0n) is 3.87. The molecule has 0 aromatic heterocycles. The van der Waals surface area contributed by atoms with Gasteiger partial charge >= 0.3 is 57.8 Å². The summed E-state index contributed by atoms with van der Waals surface area (Å²) >= 11 is 3.92. The molecule has 2 unspecified atom stereocenters. The SMILES string of the molecule is NC1(C(=O)O)[Se]C1S. The van der Waals surface area contributed by atoms with E-state index in [1.165, 1.54) is 0 Å². The fourth-order valence-electron chi connectivity index (χ4n) is 0.307. The van der Waals surface area contributed by atoms with Crippen molar-refractivity contribution in [3.8, 4) is 0 Å². The Balaban J connectivity index is 2.60. The van der Waals surface area contributed by atoms with Crippen molar-refractivity contribution in [3.05, 3.63) is 0 Å². The molecule has 8 heavy (non-hydrogen) atoms. The predicted octanol–water partition coefficient (Wildman–Crippen LogP) is -1.30. The van der Waals surface area contributed by atoms with E-state index in [-0.39, 0.29) is 19.1 Å². The second-order valence-electron chi connectivity index (χ2n) is 1.57. The number of thiol groups is 1. The van der Waals surface area contributed by atoms with E-state index >= 15 is 0 Å². The third-order valence-electron chi connectivity index (χ3n) is 0.951. The quantitative estimate of drug-likeness (QED) is 0.362. The summed E-state index contributed by atoms with van der Waals surface area (Å²) in [6.45, 7) is 0. The van der Waals surface area contributed by atoms with Crippen LogP contribution >= 0.6 is 12.6 Å². The van der Waals surface area contributed by atoms with Crippen molar-refractivity contribution in [1.29, 1.82) is 0 Å². The summed E-state index contributed by atoms with van der Waals surface area (Å²) in [5, 5.41) is 8.32. The molecule has 1 aliphatic rings. The van der Waals surface area contributed by atoms with E-state index in [4.69, 9.17) is 10.8 Å². The Bertz CT molecular complexity index is 141. The summed E-state index contributed by atoms with van der Waals surface area (Å²) < 4.78 is -1.02. The summed E-state index contributed by atoms with van der Waals surface area (Å²) in [4.78, 5) is 10.1.